The van der Waals surface area contributed by atoms with Gasteiger partial charge in [-0.15, -0.1) is 0 Å². The molecule has 2 atom stereocenters. The van der Waals surface area contributed by atoms with E-state index in [1.165, 1.54) is 50.5 Å². The number of aromatic nitrogens is 1. The molecule has 39 heavy (non-hydrogen) atoms. The zero-order valence-corrected chi connectivity index (χ0v) is 22.2. The minimum atomic E-state index is -2.74. The fourth-order valence-electron chi connectivity index (χ4n) is 5.21. The van der Waals surface area contributed by atoms with Crippen molar-refractivity contribution in [1.82, 2.24) is 10.5 Å². The monoisotopic (exact) mass is 546 g/mol. The number of aliphatic carboxylic acids is 3. The number of carboxylic acids is 3. The first-order chi connectivity index (χ1) is 18.5. The van der Waals surface area contributed by atoms with Gasteiger partial charge in [0.15, 0.2) is 5.60 Å². The van der Waals surface area contributed by atoms with Crippen LogP contribution < -0.4 is 10.1 Å². The highest BCUT2D eigenvalue weighted by molar-refractivity contribution is 5.88. The standard InChI is InChI=1S/C22H30N2O2.C6H8O7/c1-16-12-21(26-24-16)14-18-7-5-11-22(18)23-15-17-6-4-10-20(13-17)25-19-8-2-3-9-19;7-3(8)1-6(13,5(11)12)2-4(9)10/h4,6,10,12-13,18-19,22-23H,2-3,5,7-9,11,14-15H2,1H3;13H,1-2H2,(H,7,8)(H,9,10)(H,11,12)/t18-,22+;/m0./s1. The Bertz CT molecular complexity index is 1090. The fraction of sp³-hybridized carbons (Fsp3) is 0.571. The van der Waals surface area contributed by atoms with Crippen molar-refractivity contribution in [2.45, 2.75) is 95.4 Å². The largest absolute Gasteiger partial charge is 0.490 e. The Kier molecular flexibility index (Phi) is 10.9. The third kappa shape index (κ3) is 9.67. The van der Waals surface area contributed by atoms with Gasteiger partial charge in [-0.3, -0.25) is 9.59 Å². The maximum absolute atomic E-state index is 10.3. The van der Waals surface area contributed by atoms with E-state index in [1.54, 1.807) is 0 Å². The minimum Gasteiger partial charge on any atom is -0.490 e. The van der Waals surface area contributed by atoms with Gasteiger partial charge < -0.3 is 35.0 Å². The Morgan fingerprint density at radius 1 is 1.03 bits per heavy atom. The number of aliphatic hydroxyl groups is 1. The molecule has 2 aliphatic rings. The molecule has 1 aromatic heterocycles. The molecule has 0 amide bonds. The summed E-state index contributed by atoms with van der Waals surface area (Å²) in [5, 5.41) is 41.6. The number of nitrogens with one attached hydrogen (secondary N) is 1. The molecular formula is C28H38N2O9. The molecule has 2 fully saturated rings. The summed E-state index contributed by atoms with van der Waals surface area (Å²) < 4.78 is 11.6. The first kappa shape index (κ1) is 30.1. The zero-order valence-electron chi connectivity index (χ0n) is 22.2. The summed E-state index contributed by atoms with van der Waals surface area (Å²) in [5.74, 6) is -2.33. The lowest BCUT2D eigenvalue weighted by Gasteiger charge is -2.20. The van der Waals surface area contributed by atoms with Crippen LogP contribution in [-0.4, -0.2) is 61.2 Å². The molecule has 2 aliphatic carbocycles. The molecule has 0 aliphatic heterocycles. The van der Waals surface area contributed by atoms with E-state index in [1.807, 2.05) is 6.92 Å². The lowest BCUT2D eigenvalue weighted by atomic mass is 9.96. The van der Waals surface area contributed by atoms with Gasteiger partial charge in [0.25, 0.3) is 0 Å². The van der Waals surface area contributed by atoms with Crippen LogP contribution in [0.4, 0.5) is 0 Å². The number of benzene rings is 1. The molecule has 4 rings (SSSR count). The van der Waals surface area contributed by atoms with E-state index >= 15 is 0 Å². The van der Waals surface area contributed by atoms with Crippen molar-refractivity contribution >= 4 is 17.9 Å². The van der Waals surface area contributed by atoms with Gasteiger partial charge in [-0.05, 0) is 69.1 Å². The Morgan fingerprint density at radius 2 is 1.72 bits per heavy atom. The summed E-state index contributed by atoms with van der Waals surface area (Å²) in [6.07, 6.45) is 7.94. The highest BCUT2D eigenvalue weighted by atomic mass is 16.5. The summed E-state index contributed by atoms with van der Waals surface area (Å²) in [6, 6.07) is 11.2. The Labute approximate surface area is 227 Å². The number of carboxylic acid groups (broad SMARTS) is 3. The van der Waals surface area contributed by atoms with E-state index in [4.69, 9.17) is 29.7 Å². The second-order valence-corrected chi connectivity index (χ2v) is 10.5. The van der Waals surface area contributed by atoms with Crippen LogP contribution in [0.5, 0.6) is 5.75 Å². The van der Waals surface area contributed by atoms with Gasteiger partial charge in [0.1, 0.15) is 11.5 Å². The van der Waals surface area contributed by atoms with Crippen molar-refractivity contribution in [3.05, 3.63) is 47.3 Å². The van der Waals surface area contributed by atoms with Crippen LogP contribution in [-0.2, 0) is 27.3 Å². The van der Waals surface area contributed by atoms with Crippen LogP contribution >= 0.6 is 0 Å². The molecule has 1 aromatic carbocycles. The van der Waals surface area contributed by atoms with Crippen molar-refractivity contribution in [2.24, 2.45) is 5.92 Å². The van der Waals surface area contributed by atoms with Crippen LogP contribution in [0.3, 0.4) is 0 Å². The molecule has 0 spiro atoms. The van der Waals surface area contributed by atoms with Gasteiger partial charge in [0.2, 0.25) is 0 Å². The van der Waals surface area contributed by atoms with Crippen molar-refractivity contribution in [3.63, 3.8) is 0 Å². The molecule has 0 saturated heterocycles. The third-order valence-electron chi connectivity index (χ3n) is 7.16. The van der Waals surface area contributed by atoms with E-state index in [9.17, 15) is 14.4 Å². The van der Waals surface area contributed by atoms with Crippen molar-refractivity contribution in [3.8, 4) is 5.75 Å². The Hall–Kier alpha value is -3.44. The van der Waals surface area contributed by atoms with Crippen LogP contribution in [0.25, 0.3) is 0 Å². The SMILES string of the molecule is Cc1cc(C[C@@H]2CCC[C@H]2NCc2cccc(OC3CCCC3)c2)on1.O=C(O)CC(O)(CC(=O)O)C(=O)O. The van der Waals surface area contributed by atoms with Gasteiger partial charge in [-0.1, -0.05) is 23.7 Å². The summed E-state index contributed by atoms with van der Waals surface area (Å²) in [5.41, 5.74) is -0.458. The average molecular weight is 547 g/mol. The van der Waals surface area contributed by atoms with Gasteiger partial charge in [0.05, 0.1) is 24.6 Å². The van der Waals surface area contributed by atoms with Gasteiger partial charge >= 0.3 is 17.9 Å². The van der Waals surface area contributed by atoms with E-state index in [2.05, 4.69) is 40.8 Å². The number of ether oxygens (including phenoxy) is 1. The van der Waals surface area contributed by atoms with Crippen LogP contribution in [0, 0.1) is 12.8 Å². The highest BCUT2D eigenvalue weighted by Gasteiger charge is 2.40. The second-order valence-electron chi connectivity index (χ2n) is 10.5. The summed E-state index contributed by atoms with van der Waals surface area (Å²) in [7, 11) is 0. The normalized spacial score (nSPS) is 19.3. The van der Waals surface area contributed by atoms with Gasteiger partial charge in [-0.2, -0.15) is 0 Å². The lowest BCUT2D eigenvalue weighted by molar-refractivity contribution is -0.170. The highest BCUT2D eigenvalue weighted by Crippen LogP contribution is 2.30. The summed E-state index contributed by atoms with van der Waals surface area (Å²) in [4.78, 5) is 30.5. The first-order valence-corrected chi connectivity index (χ1v) is 13.3. The Morgan fingerprint density at radius 3 is 2.31 bits per heavy atom. The number of aryl methyl sites for hydroxylation is 1. The molecule has 11 heteroatoms. The number of hydrogen-bond acceptors (Lipinski definition) is 8. The first-order valence-electron chi connectivity index (χ1n) is 13.3. The van der Waals surface area contributed by atoms with E-state index in [0.29, 0.717) is 18.1 Å². The molecule has 5 N–H and O–H groups in total. The predicted octanol–water partition coefficient (Wildman–Crippen LogP) is 3.56. The van der Waals surface area contributed by atoms with E-state index < -0.39 is 36.4 Å². The summed E-state index contributed by atoms with van der Waals surface area (Å²) in [6.45, 7) is 2.89. The maximum Gasteiger partial charge on any atom is 0.336 e. The Balaban J connectivity index is 0.000000276. The number of hydrogen-bond donors (Lipinski definition) is 5. The quantitative estimate of drug-likeness (QED) is 0.263. The predicted molar refractivity (Wildman–Crippen MR) is 139 cm³/mol. The topological polar surface area (TPSA) is 179 Å². The van der Waals surface area contributed by atoms with Gasteiger partial charge in [0, 0.05) is 25.1 Å². The maximum atomic E-state index is 10.3. The summed E-state index contributed by atoms with van der Waals surface area (Å²) >= 11 is 0. The smallest absolute Gasteiger partial charge is 0.336 e. The average Bonchev–Trinajstić information content (AvgIpc) is 3.61. The van der Waals surface area contributed by atoms with E-state index in [-0.39, 0.29) is 0 Å². The molecule has 0 bridgehead atoms. The number of nitrogens with zero attached hydrogens (tertiary/aromatic N) is 1. The molecule has 11 nitrogen and oxygen atoms in total. The second kappa shape index (κ2) is 14.1. The lowest BCUT2D eigenvalue weighted by Crippen LogP contribution is -2.42. The van der Waals surface area contributed by atoms with Crippen LogP contribution in [0.15, 0.2) is 34.9 Å². The van der Waals surface area contributed by atoms with Crippen LogP contribution in [0.2, 0.25) is 0 Å². The molecular weight excluding hydrogens is 508 g/mol. The van der Waals surface area contributed by atoms with Crippen molar-refractivity contribution in [2.75, 3.05) is 0 Å². The third-order valence-corrected chi connectivity index (χ3v) is 7.16. The number of carbonyl (C=O) groups is 3. The molecule has 1 heterocycles. The molecule has 0 radical (unpaired) electrons. The van der Waals surface area contributed by atoms with Gasteiger partial charge in [-0.25, -0.2) is 4.79 Å². The van der Waals surface area contributed by atoms with Crippen molar-refractivity contribution in [1.29, 1.82) is 0 Å². The van der Waals surface area contributed by atoms with Crippen molar-refractivity contribution < 1.29 is 44.1 Å². The fourth-order valence-corrected chi connectivity index (χ4v) is 5.21. The molecule has 214 valence electrons. The van der Waals surface area contributed by atoms with Crippen LogP contribution in [0.1, 0.15) is 74.8 Å². The van der Waals surface area contributed by atoms with E-state index in [0.717, 1.165) is 30.2 Å². The zero-order chi connectivity index (χ0) is 28.4. The number of rotatable bonds is 12. The minimum absolute atomic E-state index is 0.419. The molecule has 2 saturated carbocycles. The molecule has 0 unspecified atom stereocenters. The molecule has 2 aromatic rings.